The highest BCUT2D eigenvalue weighted by molar-refractivity contribution is 5.72. The molecule has 0 unspecified atom stereocenters. The molecule has 1 N–H and O–H groups in total. The van der Waals surface area contributed by atoms with E-state index in [1.165, 1.54) is 31.9 Å². The van der Waals surface area contributed by atoms with Gasteiger partial charge < -0.3 is 10.1 Å². The highest BCUT2D eigenvalue weighted by Crippen LogP contribution is 2.31. The second-order valence-electron chi connectivity index (χ2n) is 5.29. The predicted molar refractivity (Wildman–Crippen MR) is 71.3 cm³/mol. The van der Waals surface area contributed by atoms with Crippen LogP contribution < -0.4 is 5.32 Å². The molecule has 18 heavy (non-hydrogen) atoms. The molecule has 0 aliphatic heterocycles. The third-order valence-electron chi connectivity index (χ3n) is 3.84. The van der Waals surface area contributed by atoms with Gasteiger partial charge in [-0.25, -0.2) is 0 Å². The van der Waals surface area contributed by atoms with Crippen molar-refractivity contribution in [1.29, 1.82) is 0 Å². The van der Waals surface area contributed by atoms with E-state index < -0.39 is 0 Å². The molecule has 3 heteroatoms. The fourth-order valence-corrected chi connectivity index (χ4v) is 2.32. The number of carbonyl (C=O) groups is 1. The fraction of sp³-hybridized carbons (Fsp3) is 0.533. The molecule has 3 nitrogen and oxygen atoms in total. The van der Waals surface area contributed by atoms with Crippen LogP contribution in [0.15, 0.2) is 24.3 Å². The molecule has 0 aromatic heterocycles. The summed E-state index contributed by atoms with van der Waals surface area (Å²) in [5, 5.41) is 3.59. The van der Waals surface area contributed by atoms with Gasteiger partial charge in [0.2, 0.25) is 0 Å². The smallest absolute Gasteiger partial charge is 0.309 e. The summed E-state index contributed by atoms with van der Waals surface area (Å²) in [5.74, 6) is -0.183. The van der Waals surface area contributed by atoms with Gasteiger partial charge >= 0.3 is 5.97 Å². The van der Waals surface area contributed by atoms with Crippen molar-refractivity contribution in [3.63, 3.8) is 0 Å². The molecule has 1 aliphatic rings. The van der Waals surface area contributed by atoms with Gasteiger partial charge in [0.05, 0.1) is 13.5 Å². The Hall–Kier alpha value is -1.35. The van der Waals surface area contributed by atoms with E-state index in [9.17, 15) is 4.79 Å². The van der Waals surface area contributed by atoms with Crippen LogP contribution in [0.1, 0.15) is 37.3 Å². The van der Waals surface area contributed by atoms with Crippen molar-refractivity contribution in [3.05, 3.63) is 35.4 Å². The van der Waals surface area contributed by atoms with Crippen LogP contribution in [0.4, 0.5) is 0 Å². The Balaban J connectivity index is 2.00. The monoisotopic (exact) mass is 247 g/mol. The summed E-state index contributed by atoms with van der Waals surface area (Å²) in [7, 11) is 1.43. The second-order valence-corrected chi connectivity index (χ2v) is 5.29. The number of esters is 1. The molecule has 0 atom stereocenters. The Morgan fingerprint density at radius 2 is 2.00 bits per heavy atom. The number of nitrogens with one attached hydrogen (secondary N) is 1. The zero-order valence-electron chi connectivity index (χ0n) is 11.2. The number of carbonyl (C=O) groups excluding carboxylic acids is 1. The predicted octanol–water partition coefficient (Wildman–Crippen LogP) is 2.43. The van der Waals surface area contributed by atoms with Crippen LogP contribution in [0, 0.1) is 0 Å². The minimum atomic E-state index is -0.183. The largest absolute Gasteiger partial charge is 0.469 e. The SMILES string of the molecule is COC(=O)Cc1ccccc1CNC1(C)CCC1. The van der Waals surface area contributed by atoms with Crippen LogP contribution in [0.3, 0.4) is 0 Å². The second kappa shape index (κ2) is 5.53. The molecular formula is C15H21NO2. The molecular weight excluding hydrogens is 226 g/mol. The maximum absolute atomic E-state index is 11.4. The normalized spacial score (nSPS) is 17.0. The summed E-state index contributed by atoms with van der Waals surface area (Å²) in [6, 6.07) is 8.05. The number of hydrogen-bond acceptors (Lipinski definition) is 3. The summed E-state index contributed by atoms with van der Waals surface area (Å²) in [6.07, 6.45) is 4.15. The van der Waals surface area contributed by atoms with Crippen molar-refractivity contribution in [1.82, 2.24) is 5.32 Å². The summed E-state index contributed by atoms with van der Waals surface area (Å²) in [4.78, 5) is 11.4. The molecule has 0 spiro atoms. The molecule has 1 aromatic rings. The van der Waals surface area contributed by atoms with Crippen molar-refractivity contribution >= 4 is 5.97 Å². The van der Waals surface area contributed by atoms with Crippen molar-refractivity contribution in [3.8, 4) is 0 Å². The van der Waals surface area contributed by atoms with Gasteiger partial charge in [0.25, 0.3) is 0 Å². The lowest BCUT2D eigenvalue weighted by Gasteiger charge is -2.39. The average Bonchev–Trinajstić information content (AvgIpc) is 2.35. The van der Waals surface area contributed by atoms with Gasteiger partial charge in [-0.3, -0.25) is 4.79 Å². The van der Waals surface area contributed by atoms with Crippen LogP contribution in [-0.2, 0) is 22.5 Å². The molecule has 2 rings (SSSR count). The van der Waals surface area contributed by atoms with E-state index in [1.54, 1.807) is 0 Å². The van der Waals surface area contributed by atoms with E-state index in [2.05, 4.69) is 18.3 Å². The third-order valence-corrected chi connectivity index (χ3v) is 3.84. The van der Waals surface area contributed by atoms with E-state index in [0.29, 0.717) is 12.0 Å². The summed E-state index contributed by atoms with van der Waals surface area (Å²) in [5.41, 5.74) is 2.54. The van der Waals surface area contributed by atoms with Gasteiger partial charge in [-0.15, -0.1) is 0 Å². The van der Waals surface area contributed by atoms with E-state index in [0.717, 1.165) is 12.1 Å². The lowest BCUT2D eigenvalue weighted by Crippen LogP contribution is -2.47. The molecule has 98 valence electrons. The van der Waals surface area contributed by atoms with Crippen molar-refractivity contribution in [2.45, 2.75) is 44.7 Å². The minimum Gasteiger partial charge on any atom is -0.469 e. The Morgan fingerprint density at radius 1 is 1.33 bits per heavy atom. The van der Waals surface area contributed by atoms with Gasteiger partial charge in [0.1, 0.15) is 0 Å². The lowest BCUT2D eigenvalue weighted by molar-refractivity contribution is -0.139. The quantitative estimate of drug-likeness (QED) is 0.812. The molecule has 1 aromatic carbocycles. The lowest BCUT2D eigenvalue weighted by atomic mass is 9.78. The molecule has 0 saturated heterocycles. The first-order valence-corrected chi connectivity index (χ1v) is 6.52. The van der Waals surface area contributed by atoms with Crippen LogP contribution in [-0.4, -0.2) is 18.6 Å². The Bertz CT molecular complexity index is 424. The summed E-state index contributed by atoms with van der Waals surface area (Å²) in [6.45, 7) is 3.09. The zero-order valence-corrected chi connectivity index (χ0v) is 11.2. The fourth-order valence-electron chi connectivity index (χ4n) is 2.32. The molecule has 1 saturated carbocycles. The van der Waals surface area contributed by atoms with Crippen LogP contribution in [0.5, 0.6) is 0 Å². The zero-order chi connectivity index (χ0) is 13.0. The van der Waals surface area contributed by atoms with Gasteiger partial charge in [0, 0.05) is 12.1 Å². The maximum atomic E-state index is 11.4. The Labute approximate surface area is 109 Å². The molecule has 0 heterocycles. The first kappa shape index (κ1) is 13.1. The average molecular weight is 247 g/mol. The van der Waals surface area contributed by atoms with Crippen molar-refractivity contribution < 1.29 is 9.53 Å². The highest BCUT2D eigenvalue weighted by atomic mass is 16.5. The standard InChI is InChI=1S/C15H21NO2/c1-15(8-5-9-15)16-11-13-7-4-3-6-12(13)10-14(17)18-2/h3-4,6-7,16H,5,8-11H2,1-2H3. The van der Waals surface area contributed by atoms with Gasteiger partial charge in [0.15, 0.2) is 0 Å². The Morgan fingerprint density at radius 3 is 2.56 bits per heavy atom. The first-order chi connectivity index (χ1) is 8.63. The van der Waals surface area contributed by atoms with E-state index in [-0.39, 0.29) is 5.97 Å². The number of hydrogen-bond donors (Lipinski definition) is 1. The van der Waals surface area contributed by atoms with E-state index in [1.807, 2.05) is 18.2 Å². The maximum Gasteiger partial charge on any atom is 0.309 e. The van der Waals surface area contributed by atoms with Crippen LogP contribution in [0.25, 0.3) is 0 Å². The van der Waals surface area contributed by atoms with Crippen molar-refractivity contribution in [2.75, 3.05) is 7.11 Å². The topological polar surface area (TPSA) is 38.3 Å². The number of methoxy groups -OCH3 is 1. The van der Waals surface area contributed by atoms with E-state index in [4.69, 9.17) is 4.74 Å². The van der Waals surface area contributed by atoms with E-state index >= 15 is 0 Å². The molecule has 0 bridgehead atoms. The number of ether oxygens (including phenoxy) is 1. The molecule has 0 radical (unpaired) electrons. The van der Waals surface area contributed by atoms with Crippen LogP contribution >= 0.6 is 0 Å². The number of rotatable bonds is 5. The molecule has 1 aliphatic carbocycles. The number of benzene rings is 1. The molecule has 1 fully saturated rings. The summed E-state index contributed by atoms with van der Waals surface area (Å²) < 4.78 is 4.73. The van der Waals surface area contributed by atoms with Gasteiger partial charge in [-0.1, -0.05) is 24.3 Å². The highest BCUT2D eigenvalue weighted by Gasteiger charge is 2.30. The van der Waals surface area contributed by atoms with Crippen LogP contribution in [0.2, 0.25) is 0 Å². The van der Waals surface area contributed by atoms with Gasteiger partial charge in [-0.05, 0) is 37.3 Å². The third kappa shape index (κ3) is 3.10. The summed E-state index contributed by atoms with van der Waals surface area (Å²) >= 11 is 0. The first-order valence-electron chi connectivity index (χ1n) is 6.52. The van der Waals surface area contributed by atoms with Crippen molar-refractivity contribution in [2.24, 2.45) is 0 Å². The molecule has 0 amide bonds. The van der Waals surface area contributed by atoms with Gasteiger partial charge in [-0.2, -0.15) is 0 Å². The minimum absolute atomic E-state index is 0.183. The Kier molecular flexibility index (Phi) is 4.02.